The maximum absolute atomic E-state index is 11.6. The van der Waals surface area contributed by atoms with E-state index in [1.165, 1.54) is 11.1 Å². The molecule has 2 N–H and O–H groups in total. The number of hydrogen-bond acceptors (Lipinski definition) is 3. The van der Waals surface area contributed by atoms with E-state index in [4.69, 9.17) is 0 Å². The van der Waals surface area contributed by atoms with Gasteiger partial charge in [-0.2, -0.15) is 0 Å². The van der Waals surface area contributed by atoms with Crippen molar-refractivity contribution in [3.8, 4) is 0 Å². The zero-order chi connectivity index (χ0) is 15.6. The summed E-state index contributed by atoms with van der Waals surface area (Å²) in [6.07, 6.45) is 1.46. The second-order valence-electron chi connectivity index (χ2n) is 5.68. The number of benzene rings is 1. The molecule has 0 amide bonds. The zero-order valence-corrected chi connectivity index (χ0v) is 13.8. The first-order valence-corrected chi connectivity index (χ1v) is 8.79. The molecule has 116 valence electrons. The zero-order valence-electron chi connectivity index (χ0n) is 13.0. The Bertz CT molecular complexity index is 733. The van der Waals surface area contributed by atoms with Gasteiger partial charge in [0.2, 0.25) is 10.0 Å². The highest BCUT2D eigenvalue weighted by Gasteiger charge is 2.14. The fourth-order valence-corrected chi connectivity index (χ4v) is 2.88. The molecule has 0 atom stereocenters. The van der Waals surface area contributed by atoms with Crippen molar-refractivity contribution in [3.63, 3.8) is 0 Å². The Hall–Kier alpha value is -1.40. The van der Waals surface area contributed by atoms with Crippen LogP contribution in [0.4, 0.5) is 0 Å². The average Bonchev–Trinajstić information content (AvgIpc) is 2.83. The van der Waals surface area contributed by atoms with Crippen LogP contribution >= 0.6 is 0 Å². The number of fused-ring (bicyclic) bond motifs is 1. The second-order valence-corrected chi connectivity index (χ2v) is 8.00. The van der Waals surface area contributed by atoms with E-state index in [1.54, 1.807) is 13.8 Å². The van der Waals surface area contributed by atoms with Crippen molar-refractivity contribution in [2.45, 2.75) is 45.8 Å². The second kappa shape index (κ2) is 6.15. The third kappa shape index (κ3) is 3.63. The highest BCUT2D eigenvalue weighted by molar-refractivity contribution is 7.90. The summed E-state index contributed by atoms with van der Waals surface area (Å²) in [5.41, 5.74) is 4.46. The summed E-state index contributed by atoms with van der Waals surface area (Å²) in [4.78, 5) is 7.91. The van der Waals surface area contributed by atoms with E-state index in [2.05, 4.69) is 34.6 Å². The Labute approximate surface area is 126 Å². The number of sulfonamides is 1. The van der Waals surface area contributed by atoms with E-state index in [0.717, 1.165) is 29.7 Å². The van der Waals surface area contributed by atoms with Gasteiger partial charge in [0.15, 0.2) is 0 Å². The Morgan fingerprint density at radius 2 is 2.00 bits per heavy atom. The minimum absolute atomic E-state index is 0.394. The quantitative estimate of drug-likeness (QED) is 0.805. The molecule has 0 aliphatic heterocycles. The topological polar surface area (TPSA) is 74.8 Å². The van der Waals surface area contributed by atoms with Crippen LogP contribution in [0.1, 0.15) is 37.2 Å². The minimum atomic E-state index is -3.17. The van der Waals surface area contributed by atoms with Crippen molar-refractivity contribution in [2.24, 2.45) is 0 Å². The van der Waals surface area contributed by atoms with Gasteiger partial charge in [0.1, 0.15) is 5.82 Å². The molecule has 0 aliphatic rings. The lowest BCUT2D eigenvalue weighted by Crippen LogP contribution is -2.31. The number of aryl methyl sites for hydroxylation is 3. The monoisotopic (exact) mass is 309 g/mol. The van der Waals surface area contributed by atoms with E-state index in [-0.39, 0.29) is 0 Å². The van der Waals surface area contributed by atoms with E-state index < -0.39 is 15.3 Å². The number of aromatic nitrogens is 2. The third-order valence-corrected chi connectivity index (χ3v) is 5.59. The average molecular weight is 309 g/mol. The predicted octanol–water partition coefficient (Wildman–Crippen LogP) is 2.44. The molecule has 1 aromatic carbocycles. The number of imidazole rings is 1. The third-order valence-electron chi connectivity index (χ3n) is 3.74. The van der Waals surface area contributed by atoms with Crippen molar-refractivity contribution in [3.05, 3.63) is 29.1 Å². The van der Waals surface area contributed by atoms with E-state index in [0.29, 0.717) is 6.54 Å². The first-order chi connectivity index (χ1) is 9.81. The molecule has 2 aromatic rings. The molecule has 0 spiro atoms. The number of nitrogens with one attached hydrogen (secondary N) is 2. The molecule has 6 heteroatoms. The molecule has 0 saturated carbocycles. The normalized spacial score (nSPS) is 12.4. The van der Waals surface area contributed by atoms with Gasteiger partial charge < -0.3 is 4.98 Å². The van der Waals surface area contributed by atoms with Crippen LogP contribution in [0.3, 0.4) is 0 Å². The summed E-state index contributed by atoms with van der Waals surface area (Å²) in [7, 11) is -3.17. The van der Waals surface area contributed by atoms with Crippen LogP contribution in [0.25, 0.3) is 11.0 Å². The van der Waals surface area contributed by atoms with Gasteiger partial charge in [-0.3, -0.25) is 0 Å². The highest BCUT2D eigenvalue weighted by atomic mass is 32.2. The van der Waals surface area contributed by atoms with Gasteiger partial charge in [-0.05, 0) is 51.3 Å². The Kier molecular flexibility index (Phi) is 4.68. The van der Waals surface area contributed by atoms with Crippen LogP contribution in [0, 0.1) is 13.8 Å². The molecule has 0 aliphatic carbocycles. The molecule has 1 heterocycles. The first-order valence-electron chi connectivity index (χ1n) is 7.24. The summed E-state index contributed by atoms with van der Waals surface area (Å²) < 4.78 is 25.9. The van der Waals surface area contributed by atoms with Crippen LogP contribution in [0.2, 0.25) is 0 Å². The fourth-order valence-electron chi connectivity index (χ4n) is 2.12. The maximum Gasteiger partial charge on any atom is 0.213 e. The number of hydrogen-bond donors (Lipinski definition) is 2. The summed E-state index contributed by atoms with van der Waals surface area (Å²) >= 11 is 0. The van der Waals surface area contributed by atoms with Crippen LogP contribution in [-0.4, -0.2) is 30.2 Å². The van der Waals surface area contributed by atoms with Gasteiger partial charge in [0.05, 0.1) is 16.3 Å². The molecule has 21 heavy (non-hydrogen) atoms. The van der Waals surface area contributed by atoms with Crippen LogP contribution < -0.4 is 4.72 Å². The van der Waals surface area contributed by atoms with Crippen molar-refractivity contribution < 1.29 is 8.42 Å². The van der Waals surface area contributed by atoms with Gasteiger partial charge in [-0.15, -0.1) is 0 Å². The van der Waals surface area contributed by atoms with Gasteiger partial charge in [0.25, 0.3) is 0 Å². The van der Waals surface area contributed by atoms with Gasteiger partial charge in [0, 0.05) is 13.0 Å². The molecule has 0 unspecified atom stereocenters. The van der Waals surface area contributed by atoms with Crippen molar-refractivity contribution in [1.82, 2.24) is 14.7 Å². The molecule has 0 fully saturated rings. The van der Waals surface area contributed by atoms with Crippen LogP contribution in [-0.2, 0) is 16.4 Å². The number of rotatable bonds is 6. The standard InChI is InChI=1S/C15H23N3O2S/c1-10(2)21(19,20)16-9-5-6-14-17-13-8-7-11(3)12(4)15(13)18-14/h7-8,10,16H,5-6,9H2,1-4H3,(H,17,18). The lowest BCUT2D eigenvalue weighted by atomic mass is 10.1. The molecule has 5 nitrogen and oxygen atoms in total. The highest BCUT2D eigenvalue weighted by Crippen LogP contribution is 2.19. The minimum Gasteiger partial charge on any atom is -0.342 e. The maximum atomic E-state index is 11.6. The smallest absolute Gasteiger partial charge is 0.213 e. The SMILES string of the molecule is Cc1ccc2[nH]c(CCCNS(=O)(=O)C(C)C)nc2c1C. The Balaban J connectivity index is 1.97. The molecule has 0 radical (unpaired) electrons. The predicted molar refractivity (Wildman–Crippen MR) is 85.9 cm³/mol. The molecular weight excluding hydrogens is 286 g/mol. The molecule has 0 saturated heterocycles. The van der Waals surface area contributed by atoms with Crippen molar-refractivity contribution >= 4 is 21.1 Å². The van der Waals surface area contributed by atoms with E-state index in [9.17, 15) is 8.42 Å². The number of aromatic amines is 1. The molecule has 0 bridgehead atoms. The van der Waals surface area contributed by atoms with Gasteiger partial charge in [-0.1, -0.05) is 6.07 Å². The van der Waals surface area contributed by atoms with Crippen molar-refractivity contribution in [2.75, 3.05) is 6.54 Å². The fraction of sp³-hybridized carbons (Fsp3) is 0.533. The number of nitrogens with zero attached hydrogens (tertiary/aromatic N) is 1. The van der Waals surface area contributed by atoms with Crippen LogP contribution in [0.15, 0.2) is 12.1 Å². The molecule has 1 aromatic heterocycles. The largest absolute Gasteiger partial charge is 0.342 e. The lowest BCUT2D eigenvalue weighted by Gasteiger charge is -2.08. The number of H-pyrrole nitrogens is 1. The summed E-state index contributed by atoms with van der Waals surface area (Å²) in [5, 5.41) is -0.394. The Morgan fingerprint density at radius 1 is 1.29 bits per heavy atom. The van der Waals surface area contributed by atoms with E-state index >= 15 is 0 Å². The van der Waals surface area contributed by atoms with Gasteiger partial charge in [-0.25, -0.2) is 18.1 Å². The van der Waals surface area contributed by atoms with Crippen molar-refractivity contribution in [1.29, 1.82) is 0 Å². The summed E-state index contributed by atoms with van der Waals surface area (Å²) in [6, 6.07) is 4.12. The van der Waals surface area contributed by atoms with Gasteiger partial charge >= 0.3 is 0 Å². The summed E-state index contributed by atoms with van der Waals surface area (Å²) in [5.74, 6) is 0.905. The lowest BCUT2D eigenvalue weighted by molar-refractivity contribution is 0.569. The van der Waals surface area contributed by atoms with Crippen LogP contribution in [0.5, 0.6) is 0 Å². The molecular formula is C15H23N3O2S. The van der Waals surface area contributed by atoms with E-state index in [1.807, 2.05) is 6.07 Å². The molecule has 2 rings (SSSR count). The Morgan fingerprint density at radius 3 is 2.67 bits per heavy atom. The summed E-state index contributed by atoms with van der Waals surface area (Å²) in [6.45, 7) is 7.93. The first kappa shape index (κ1) is 16.0.